The Balaban J connectivity index is 1.72. The monoisotopic (exact) mass is 685 g/mol. The van der Waals surface area contributed by atoms with Crippen LogP contribution in [0.3, 0.4) is 0 Å². The highest BCUT2D eigenvalue weighted by Crippen LogP contribution is 2.34. The molecule has 0 aliphatic heterocycles. The molecule has 3 aromatic rings. The Morgan fingerprint density at radius 2 is 1.66 bits per heavy atom. The second-order valence-corrected chi connectivity index (χ2v) is 12.1. The minimum Gasteiger partial charge on any atom is -0.465 e. The van der Waals surface area contributed by atoms with Gasteiger partial charge in [-0.2, -0.15) is 4.99 Å². The number of fused-ring (bicyclic) bond motifs is 1. The summed E-state index contributed by atoms with van der Waals surface area (Å²) in [5.74, 6) is -2.91. The number of nitrogens with zero attached hydrogens (tertiary/aromatic N) is 2. The molecule has 0 saturated heterocycles. The molecular formula is C26H28BrN3O8S3. The summed E-state index contributed by atoms with van der Waals surface area (Å²) in [7, 11) is 0. The summed E-state index contributed by atoms with van der Waals surface area (Å²) in [4.78, 5) is 67.1. The second-order valence-electron chi connectivity index (χ2n) is 8.14. The van der Waals surface area contributed by atoms with Crippen LogP contribution in [0.15, 0.2) is 27.7 Å². The molecule has 41 heavy (non-hydrogen) atoms. The zero-order valence-corrected chi connectivity index (χ0v) is 26.8. The van der Waals surface area contributed by atoms with Crippen LogP contribution < -0.4 is 10.1 Å². The van der Waals surface area contributed by atoms with Gasteiger partial charge in [-0.25, -0.2) is 9.59 Å². The van der Waals surface area contributed by atoms with Crippen molar-refractivity contribution in [3.8, 4) is 0 Å². The zero-order chi connectivity index (χ0) is 30.1. The van der Waals surface area contributed by atoms with Gasteiger partial charge in [-0.15, -0.1) is 23.1 Å². The van der Waals surface area contributed by atoms with Crippen molar-refractivity contribution in [2.75, 3.05) is 36.6 Å². The van der Waals surface area contributed by atoms with Crippen molar-refractivity contribution < 1.29 is 38.2 Å². The van der Waals surface area contributed by atoms with E-state index in [-0.39, 0.29) is 53.3 Å². The first kappa shape index (κ1) is 32.5. The fourth-order valence-corrected chi connectivity index (χ4v) is 6.90. The number of nitrogens with one attached hydrogen (secondary N) is 1. The van der Waals surface area contributed by atoms with Crippen LogP contribution in [0.4, 0.5) is 5.00 Å². The summed E-state index contributed by atoms with van der Waals surface area (Å²) < 4.78 is 18.5. The van der Waals surface area contributed by atoms with E-state index in [2.05, 4.69) is 26.2 Å². The van der Waals surface area contributed by atoms with Gasteiger partial charge in [0.05, 0.1) is 47.1 Å². The number of carbonyl (C=O) groups is 5. The third kappa shape index (κ3) is 8.50. The minimum atomic E-state index is -0.666. The number of hydrogen-bond donors (Lipinski definition) is 1. The molecule has 15 heteroatoms. The lowest BCUT2D eigenvalue weighted by molar-refractivity contribution is -0.143. The topological polar surface area (TPSA) is 142 Å². The Bertz CT molecular complexity index is 1540. The molecule has 0 spiro atoms. The summed E-state index contributed by atoms with van der Waals surface area (Å²) in [6.45, 7) is 7.02. The third-order valence-electron chi connectivity index (χ3n) is 5.26. The maximum atomic E-state index is 12.7. The molecule has 0 aliphatic rings. The number of anilines is 1. The fraction of sp³-hybridized carbons (Fsp3) is 0.385. The van der Waals surface area contributed by atoms with E-state index in [0.29, 0.717) is 10.4 Å². The Hall–Kier alpha value is -3.01. The van der Waals surface area contributed by atoms with E-state index >= 15 is 0 Å². The van der Waals surface area contributed by atoms with Gasteiger partial charge in [-0.1, -0.05) is 27.3 Å². The van der Waals surface area contributed by atoms with E-state index < -0.39 is 29.7 Å². The molecule has 2 amide bonds. The molecule has 220 valence electrons. The maximum absolute atomic E-state index is 12.7. The van der Waals surface area contributed by atoms with Gasteiger partial charge < -0.3 is 24.1 Å². The molecular weight excluding hydrogens is 658 g/mol. The van der Waals surface area contributed by atoms with E-state index in [1.54, 1.807) is 32.3 Å². The number of ether oxygens (including phenoxy) is 3. The maximum Gasteiger partial charge on any atom is 0.348 e. The Labute approximate surface area is 256 Å². The van der Waals surface area contributed by atoms with Crippen molar-refractivity contribution in [2.24, 2.45) is 4.99 Å². The number of carbonyl (C=O) groups excluding carboxylic acids is 5. The van der Waals surface area contributed by atoms with Crippen LogP contribution in [0.25, 0.3) is 10.2 Å². The molecule has 1 aromatic carbocycles. The van der Waals surface area contributed by atoms with Gasteiger partial charge in [-0.05, 0) is 51.5 Å². The largest absolute Gasteiger partial charge is 0.465 e. The van der Waals surface area contributed by atoms with Crippen LogP contribution in [0.1, 0.15) is 46.4 Å². The van der Waals surface area contributed by atoms with Crippen LogP contribution in [-0.4, -0.2) is 65.6 Å². The highest BCUT2D eigenvalue weighted by atomic mass is 79.9. The summed E-state index contributed by atoms with van der Waals surface area (Å²) in [6, 6.07) is 5.52. The van der Waals surface area contributed by atoms with Crippen LogP contribution >= 0.6 is 50.4 Å². The fourth-order valence-electron chi connectivity index (χ4n) is 3.60. The Morgan fingerprint density at radius 1 is 0.976 bits per heavy atom. The Kier molecular flexibility index (Phi) is 12.1. The summed E-state index contributed by atoms with van der Waals surface area (Å²) >= 11 is 6.64. The van der Waals surface area contributed by atoms with Gasteiger partial charge in [0, 0.05) is 4.47 Å². The number of aromatic nitrogens is 1. The van der Waals surface area contributed by atoms with Crippen molar-refractivity contribution in [3.63, 3.8) is 0 Å². The van der Waals surface area contributed by atoms with Crippen LogP contribution in [0.5, 0.6) is 0 Å². The molecule has 1 N–H and O–H groups in total. The van der Waals surface area contributed by atoms with Crippen LogP contribution in [-0.2, 0) is 35.1 Å². The molecule has 0 bridgehead atoms. The van der Waals surface area contributed by atoms with Gasteiger partial charge in [0.2, 0.25) is 5.91 Å². The summed E-state index contributed by atoms with van der Waals surface area (Å²) in [6.07, 6.45) is 0. The molecule has 2 heterocycles. The lowest BCUT2D eigenvalue weighted by atomic mass is 10.1. The molecule has 0 saturated carbocycles. The smallest absolute Gasteiger partial charge is 0.348 e. The lowest BCUT2D eigenvalue weighted by Crippen LogP contribution is -2.23. The van der Waals surface area contributed by atoms with E-state index in [9.17, 15) is 24.0 Å². The Morgan fingerprint density at radius 3 is 2.34 bits per heavy atom. The zero-order valence-electron chi connectivity index (χ0n) is 22.7. The minimum absolute atomic E-state index is 0.0897. The summed E-state index contributed by atoms with van der Waals surface area (Å²) in [5, 5.41) is 2.82. The third-order valence-corrected chi connectivity index (χ3v) is 8.90. The van der Waals surface area contributed by atoms with Crippen LogP contribution in [0.2, 0.25) is 0 Å². The SMILES string of the molecule is CCOC(=O)Cn1c(=NC(=O)CSCC(=O)Nc2sc(C(=O)OCC)c(C)c2C(=O)OCC)sc2cc(Br)ccc21. The van der Waals surface area contributed by atoms with Crippen molar-refractivity contribution in [1.29, 1.82) is 0 Å². The van der Waals surface area contributed by atoms with Crippen molar-refractivity contribution in [3.05, 3.63) is 43.5 Å². The molecule has 3 rings (SSSR count). The van der Waals surface area contributed by atoms with Gasteiger partial charge in [0.15, 0.2) is 4.80 Å². The standard InChI is InChI=1S/C26H28BrN3O8S3/c1-5-36-20(33)11-30-16-9-8-15(27)10-17(16)40-26(30)29-19(32)13-39-12-18(31)28-23-21(24(34)37-6-2)14(4)22(41-23)25(35)38-7-3/h8-10H,5-7,11-13H2,1-4H3,(H,28,31). The number of thioether (sulfide) groups is 1. The van der Waals surface area contributed by atoms with Crippen molar-refractivity contribution in [1.82, 2.24) is 4.57 Å². The predicted octanol–water partition coefficient (Wildman–Crippen LogP) is 4.55. The highest BCUT2D eigenvalue weighted by Gasteiger charge is 2.27. The molecule has 0 aliphatic carbocycles. The number of benzene rings is 1. The van der Waals surface area contributed by atoms with Crippen molar-refractivity contribution >= 4 is 95.3 Å². The number of halogens is 1. The predicted molar refractivity (Wildman–Crippen MR) is 162 cm³/mol. The number of thiazole rings is 1. The highest BCUT2D eigenvalue weighted by molar-refractivity contribution is 9.10. The van der Waals surface area contributed by atoms with E-state index in [1.807, 2.05) is 18.2 Å². The van der Waals surface area contributed by atoms with Gasteiger partial charge >= 0.3 is 17.9 Å². The first-order chi connectivity index (χ1) is 19.6. The number of rotatable bonds is 12. The molecule has 0 atom stereocenters. The number of esters is 3. The lowest BCUT2D eigenvalue weighted by Gasteiger charge is -2.07. The van der Waals surface area contributed by atoms with Gasteiger partial charge in [-0.3, -0.25) is 14.4 Å². The normalized spacial score (nSPS) is 11.4. The average molecular weight is 687 g/mol. The van der Waals surface area contributed by atoms with E-state index in [1.165, 1.54) is 11.3 Å². The van der Waals surface area contributed by atoms with Gasteiger partial charge in [0.1, 0.15) is 16.4 Å². The van der Waals surface area contributed by atoms with E-state index in [0.717, 1.165) is 37.8 Å². The first-order valence-electron chi connectivity index (χ1n) is 12.5. The first-order valence-corrected chi connectivity index (χ1v) is 16.0. The molecule has 0 radical (unpaired) electrons. The van der Waals surface area contributed by atoms with Crippen molar-refractivity contribution in [2.45, 2.75) is 34.2 Å². The molecule has 0 fully saturated rings. The quantitative estimate of drug-likeness (QED) is 0.215. The second kappa shape index (κ2) is 15.3. The summed E-state index contributed by atoms with van der Waals surface area (Å²) in [5.41, 5.74) is 1.18. The molecule has 2 aromatic heterocycles. The number of hydrogen-bond acceptors (Lipinski definition) is 11. The van der Waals surface area contributed by atoms with Crippen LogP contribution in [0, 0.1) is 6.92 Å². The van der Waals surface area contributed by atoms with Gasteiger partial charge in [0.25, 0.3) is 5.91 Å². The molecule has 11 nitrogen and oxygen atoms in total. The van der Waals surface area contributed by atoms with E-state index in [4.69, 9.17) is 14.2 Å². The molecule has 0 unspecified atom stereocenters. The number of thiophene rings is 1. The average Bonchev–Trinajstić information content (AvgIpc) is 3.40. The number of amides is 2.